The van der Waals surface area contributed by atoms with E-state index < -0.39 is 6.10 Å². The first-order valence-electron chi connectivity index (χ1n) is 10.4. The lowest BCUT2D eigenvalue weighted by Crippen LogP contribution is -2.50. The second-order valence-corrected chi connectivity index (χ2v) is 7.82. The van der Waals surface area contributed by atoms with Crippen LogP contribution in [-0.2, 0) is 11.8 Å². The predicted octanol–water partition coefficient (Wildman–Crippen LogP) is 2.36. The van der Waals surface area contributed by atoms with E-state index in [0.717, 1.165) is 27.8 Å². The summed E-state index contributed by atoms with van der Waals surface area (Å²) in [6, 6.07) is 14.2. The molecule has 1 atom stereocenters. The van der Waals surface area contributed by atoms with Crippen molar-refractivity contribution in [1.82, 2.24) is 19.6 Å². The first-order chi connectivity index (χ1) is 15.0. The number of rotatable bonds is 6. The molecule has 1 aromatic heterocycles. The highest BCUT2D eigenvalue weighted by Crippen LogP contribution is 2.26. The molecule has 1 amide bonds. The zero-order chi connectivity index (χ0) is 21.8. The Labute approximate surface area is 181 Å². The van der Waals surface area contributed by atoms with Gasteiger partial charge in [-0.2, -0.15) is 5.10 Å². The number of aromatic nitrogens is 2. The number of aliphatic hydroxyl groups is 1. The number of amides is 1. The molecule has 0 spiro atoms. The number of carbonyl (C=O) groups excluding carboxylic acids is 1. The Morgan fingerprint density at radius 2 is 1.87 bits per heavy atom. The minimum absolute atomic E-state index is 0.211. The van der Waals surface area contributed by atoms with E-state index >= 15 is 0 Å². The third-order valence-corrected chi connectivity index (χ3v) is 5.54. The molecule has 0 aliphatic carbocycles. The topological polar surface area (TPSA) is 80.1 Å². The molecule has 8 nitrogen and oxygen atoms in total. The number of aryl methyl sites for hydroxylation is 1. The molecule has 1 fully saturated rings. The van der Waals surface area contributed by atoms with Crippen LogP contribution in [0.1, 0.15) is 0 Å². The first-order valence-corrected chi connectivity index (χ1v) is 10.4. The summed E-state index contributed by atoms with van der Waals surface area (Å²) in [7, 11) is 3.29. The predicted molar refractivity (Wildman–Crippen MR) is 118 cm³/mol. The Morgan fingerprint density at radius 3 is 2.58 bits per heavy atom. The second-order valence-electron chi connectivity index (χ2n) is 7.82. The van der Waals surface area contributed by atoms with Gasteiger partial charge in [0.15, 0.2) is 0 Å². The molecule has 1 N–H and O–H groups in total. The highest BCUT2D eigenvalue weighted by molar-refractivity contribution is 5.87. The molecule has 0 radical (unpaired) electrons. The Kier molecular flexibility index (Phi) is 6.39. The van der Waals surface area contributed by atoms with Gasteiger partial charge in [0.1, 0.15) is 18.5 Å². The van der Waals surface area contributed by atoms with Gasteiger partial charge in [-0.15, -0.1) is 0 Å². The fourth-order valence-corrected chi connectivity index (χ4v) is 3.83. The summed E-state index contributed by atoms with van der Waals surface area (Å²) >= 11 is 0. The number of nitrogens with zero attached hydrogens (tertiary/aromatic N) is 4. The molecule has 1 aliphatic rings. The van der Waals surface area contributed by atoms with Crippen LogP contribution < -0.4 is 4.74 Å². The van der Waals surface area contributed by atoms with Gasteiger partial charge in [0.25, 0.3) is 0 Å². The fourth-order valence-electron chi connectivity index (χ4n) is 3.83. The Bertz CT molecular complexity index is 1040. The Balaban J connectivity index is 1.32. The van der Waals surface area contributed by atoms with Crippen molar-refractivity contribution in [3.05, 3.63) is 48.7 Å². The van der Waals surface area contributed by atoms with Crippen molar-refractivity contribution in [1.29, 1.82) is 0 Å². The third kappa shape index (κ3) is 5.15. The SMILES string of the molecule is COC(=O)N1CCN(CC(O)COc2ccc3ccc(-c4ccn(C)n4)cc3c2)CC1. The molecule has 8 heteroatoms. The van der Waals surface area contributed by atoms with Crippen LogP contribution in [0.4, 0.5) is 4.79 Å². The molecular weight excluding hydrogens is 396 g/mol. The minimum atomic E-state index is -0.611. The van der Waals surface area contributed by atoms with E-state index in [9.17, 15) is 9.90 Å². The van der Waals surface area contributed by atoms with Crippen LogP contribution in [0.2, 0.25) is 0 Å². The van der Waals surface area contributed by atoms with Crippen molar-refractivity contribution in [3.63, 3.8) is 0 Å². The van der Waals surface area contributed by atoms with Crippen LogP contribution in [0, 0.1) is 0 Å². The van der Waals surface area contributed by atoms with Gasteiger partial charge in [-0.1, -0.05) is 18.2 Å². The molecule has 2 aromatic carbocycles. The Morgan fingerprint density at radius 1 is 1.10 bits per heavy atom. The summed E-state index contributed by atoms with van der Waals surface area (Å²) in [4.78, 5) is 15.4. The molecule has 1 saturated heterocycles. The number of piperazine rings is 1. The number of hydrogen-bond donors (Lipinski definition) is 1. The van der Waals surface area contributed by atoms with Crippen molar-refractivity contribution in [2.24, 2.45) is 7.05 Å². The van der Waals surface area contributed by atoms with Crippen LogP contribution in [0.5, 0.6) is 5.75 Å². The number of β-amino-alcohol motifs (C(OH)–C–C–N with tert-alkyl or cyclic N) is 1. The minimum Gasteiger partial charge on any atom is -0.491 e. The maximum Gasteiger partial charge on any atom is 0.409 e. The lowest BCUT2D eigenvalue weighted by molar-refractivity contribution is 0.0435. The van der Waals surface area contributed by atoms with Crippen LogP contribution in [0.15, 0.2) is 48.7 Å². The molecule has 4 rings (SSSR count). The van der Waals surface area contributed by atoms with Gasteiger partial charge >= 0.3 is 6.09 Å². The molecule has 2 heterocycles. The van der Waals surface area contributed by atoms with Gasteiger partial charge < -0.3 is 19.5 Å². The lowest BCUT2D eigenvalue weighted by atomic mass is 10.0. The molecular formula is C23H28N4O4. The van der Waals surface area contributed by atoms with E-state index in [0.29, 0.717) is 32.7 Å². The van der Waals surface area contributed by atoms with Crippen molar-refractivity contribution in [2.75, 3.05) is 46.4 Å². The largest absolute Gasteiger partial charge is 0.491 e. The monoisotopic (exact) mass is 424 g/mol. The standard InChI is InChI=1S/C23H28N4O4/c1-25-8-7-22(24-25)18-4-3-17-5-6-21(14-19(17)13-18)31-16-20(28)15-26-9-11-27(12-10-26)23(29)30-2/h3-8,13-14,20,28H,9-12,15-16H2,1-2H3. The maximum absolute atomic E-state index is 11.6. The van der Waals surface area contributed by atoms with Gasteiger partial charge in [0.05, 0.1) is 12.8 Å². The summed E-state index contributed by atoms with van der Waals surface area (Å²) in [5, 5.41) is 17.1. The highest BCUT2D eigenvalue weighted by atomic mass is 16.5. The molecule has 0 saturated carbocycles. The van der Waals surface area contributed by atoms with E-state index in [4.69, 9.17) is 9.47 Å². The average Bonchev–Trinajstić information content (AvgIpc) is 3.23. The number of aliphatic hydroxyl groups excluding tert-OH is 1. The van der Waals surface area contributed by atoms with Crippen LogP contribution in [0.3, 0.4) is 0 Å². The second kappa shape index (κ2) is 9.36. The van der Waals surface area contributed by atoms with E-state index in [-0.39, 0.29) is 12.7 Å². The molecule has 0 bridgehead atoms. The fraction of sp³-hybridized carbons (Fsp3) is 0.391. The first kappa shape index (κ1) is 21.1. The van der Waals surface area contributed by atoms with Gasteiger partial charge in [-0.3, -0.25) is 9.58 Å². The maximum atomic E-state index is 11.6. The summed E-state index contributed by atoms with van der Waals surface area (Å²) in [6.45, 7) is 3.33. The molecule has 1 aliphatic heterocycles. The van der Waals surface area contributed by atoms with Crippen molar-refractivity contribution >= 4 is 16.9 Å². The zero-order valence-electron chi connectivity index (χ0n) is 17.9. The molecule has 31 heavy (non-hydrogen) atoms. The van der Waals surface area contributed by atoms with Gasteiger partial charge in [-0.25, -0.2) is 4.79 Å². The van der Waals surface area contributed by atoms with E-state index in [1.165, 1.54) is 7.11 Å². The summed E-state index contributed by atoms with van der Waals surface area (Å²) in [5.74, 6) is 0.722. The third-order valence-electron chi connectivity index (χ3n) is 5.54. The van der Waals surface area contributed by atoms with Gasteiger partial charge in [0.2, 0.25) is 0 Å². The summed E-state index contributed by atoms with van der Waals surface area (Å²) in [6.07, 6.45) is 1.02. The number of ether oxygens (including phenoxy) is 2. The zero-order valence-corrected chi connectivity index (χ0v) is 17.9. The molecule has 164 valence electrons. The summed E-state index contributed by atoms with van der Waals surface area (Å²) in [5.41, 5.74) is 1.98. The van der Waals surface area contributed by atoms with Crippen LogP contribution >= 0.6 is 0 Å². The van der Waals surface area contributed by atoms with Crippen molar-refractivity contribution < 1.29 is 19.4 Å². The van der Waals surface area contributed by atoms with Crippen LogP contribution in [0.25, 0.3) is 22.0 Å². The Hall–Kier alpha value is -3.10. The normalized spacial score (nSPS) is 15.8. The average molecular weight is 425 g/mol. The highest BCUT2D eigenvalue weighted by Gasteiger charge is 2.23. The van der Waals surface area contributed by atoms with Crippen molar-refractivity contribution in [3.8, 4) is 17.0 Å². The van der Waals surface area contributed by atoms with E-state index in [2.05, 4.69) is 28.2 Å². The van der Waals surface area contributed by atoms with E-state index in [1.807, 2.05) is 37.5 Å². The number of carbonyl (C=O) groups is 1. The molecule has 3 aromatic rings. The van der Waals surface area contributed by atoms with Gasteiger partial charge in [-0.05, 0) is 35.0 Å². The number of fused-ring (bicyclic) bond motifs is 1. The van der Waals surface area contributed by atoms with E-state index in [1.54, 1.807) is 9.58 Å². The smallest absolute Gasteiger partial charge is 0.409 e. The lowest BCUT2D eigenvalue weighted by Gasteiger charge is -2.34. The van der Waals surface area contributed by atoms with Gasteiger partial charge in [0, 0.05) is 51.5 Å². The quantitative estimate of drug-likeness (QED) is 0.655. The van der Waals surface area contributed by atoms with Crippen LogP contribution in [-0.4, -0.2) is 83.3 Å². The summed E-state index contributed by atoms with van der Waals surface area (Å²) < 4.78 is 12.4. The molecule has 1 unspecified atom stereocenters. The number of benzene rings is 2. The number of methoxy groups -OCH3 is 1. The number of hydrogen-bond acceptors (Lipinski definition) is 6. The van der Waals surface area contributed by atoms with Crippen molar-refractivity contribution in [2.45, 2.75) is 6.10 Å².